The fourth-order valence-electron chi connectivity index (χ4n) is 3.16. The quantitative estimate of drug-likeness (QED) is 0.691. The van der Waals surface area contributed by atoms with Crippen LogP contribution in [0.1, 0.15) is 12.0 Å². The number of aromatic amines is 1. The molecule has 0 fully saturated rings. The van der Waals surface area contributed by atoms with Crippen molar-refractivity contribution >= 4 is 16.8 Å². The fourth-order valence-corrected chi connectivity index (χ4v) is 3.16. The van der Waals surface area contributed by atoms with Gasteiger partial charge in [0.15, 0.2) is 11.5 Å². The number of amides is 1. The van der Waals surface area contributed by atoms with Gasteiger partial charge in [-0.05, 0) is 29.8 Å². The van der Waals surface area contributed by atoms with E-state index in [-0.39, 0.29) is 18.9 Å². The summed E-state index contributed by atoms with van der Waals surface area (Å²) in [5, 5.41) is 3.25. The zero-order valence-electron chi connectivity index (χ0n) is 15.1. The van der Waals surface area contributed by atoms with Crippen LogP contribution in [-0.2, 0) is 17.9 Å². The van der Waals surface area contributed by atoms with Crippen molar-refractivity contribution in [2.75, 3.05) is 13.2 Å². The number of para-hydroxylation sites is 1. The average Bonchev–Trinajstić information content (AvgIpc) is 2.72. The summed E-state index contributed by atoms with van der Waals surface area (Å²) in [5.41, 5.74) is 0.448. The lowest BCUT2D eigenvalue weighted by Crippen LogP contribution is -2.32. The second-order valence-electron chi connectivity index (χ2n) is 6.43. The van der Waals surface area contributed by atoms with E-state index >= 15 is 0 Å². The van der Waals surface area contributed by atoms with Crippen molar-refractivity contribution in [1.82, 2.24) is 14.9 Å². The van der Waals surface area contributed by atoms with Gasteiger partial charge in [-0.1, -0.05) is 18.2 Å². The molecule has 0 aliphatic carbocycles. The molecule has 1 aliphatic heterocycles. The molecule has 144 valence electrons. The van der Waals surface area contributed by atoms with E-state index in [9.17, 15) is 14.4 Å². The van der Waals surface area contributed by atoms with Crippen LogP contribution in [0.5, 0.6) is 11.5 Å². The first-order valence-electron chi connectivity index (χ1n) is 8.99. The molecule has 28 heavy (non-hydrogen) atoms. The Morgan fingerprint density at radius 2 is 1.86 bits per heavy atom. The highest BCUT2D eigenvalue weighted by Crippen LogP contribution is 2.30. The van der Waals surface area contributed by atoms with Crippen LogP contribution >= 0.6 is 0 Å². The summed E-state index contributed by atoms with van der Waals surface area (Å²) in [6, 6.07) is 12.3. The number of nitrogens with zero attached hydrogens (tertiary/aromatic N) is 1. The minimum Gasteiger partial charge on any atom is -0.486 e. The number of aromatic nitrogens is 2. The van der Waals surface area contributed by atoms with Crippen molar-refractivity contribution < 1.29 is 14.3 Å². The van der Waals surface area contributed by atoms with E-state index in [1.54, 1.807) is 24.3 Å². The lowest BCUT2D eigenvalue weighted by atomic mass is 10.2. The van der Waals surface area contributed by atoms with Gasteiger partial charge in [-0.25, -0.2) is 4.79 Å². The van der Waals surface area contributed by atoms with Crippen molar-refractivity contribution in [1.29, 1.82) is 0 Å². The van der Waals surface area contributed by atoms with E-state index in [0.29, 0.717) is 42.2 Å². The van der Waals surface area contributed by atoms with E-state index in [1.807, 2.05) is 18.2 Å². The van der Waals surface area contributed by atoms with Crippen molar-refractivity contribution in [3.05, 3.63) is 68.9 Å². The molecule has 2 aromatic carbocycles. The van der Waals surface area contributed by atoms with Gasteiger partial charge in [0.1, 0.15) is 13.2 Å². The Morgan fingerprint density at radius 1 is 1.07 bits per heavy atom. The smallest absolute Gasteiger partial charge is 0.328 e. The summed E-state index contributed by atoms with van der Waals surface area (Å²) in [4.78, 5) is 38.5. The number of rotatable bonds is 5. The van der Waals surface area contributed by atoms with Gasteiger partial charge < -0.3 is 14.8 Å². The second kappa shape index (κ2) is 7.59. The third kappa shape index (κ3) is 3.62. The van der Waals surface area contributed by atoms with Crippen molar-refractivity contribution in [2.45, 2.75) is 19.5 Å². The Kier molecular flexibility index (Phi) is 4.84. The van der Waals surface area contributed by atoms with Gasteiger partial charge in [-0.2, -0.15) is 0 Å². The molecule has 0 radical (unpaired) electrons. The number of hydrogen-bond donors (Lipinski definition) is 2. The zero-order valence-corrected chi connectivity index (χ0v) is 15.1. The summed E-state index contributed by atoms with van der Waals surface area (Å²) >= 11 is 0. The molecule has 0 atom stereocenters. The molecule has 2 heterocycles. The number of aryl methyl sites for hydroxylation is 1. The molecule has 2 N–H and O–H groups in total. The number of hydrogen-bond acceptors (Lipinski definition) is 5. The van der Waals surface area contributed by atoms with E-state index in [2.05, 4.69) is 10.3 Å². The average molecular weight is 381 g/mol. The normalized spacial score (nSPS) is 12.7. The molecule has 0 saturated heterocycles. The van der Waals surface area contributed by atoms with Gasteiger partial charge >= 0.3 is 5.69 Å². The molecule has 1 aliphatic rings. The van der Waals surface area contributed by atoms with E-state index in [1.165, 1.54) is 4.57 Å². The predicted molar refractivity (Wildman–Crippen MR) is 103 cm³/mol. The van der Waals surface area contributed by atoms with Gasteiger partial charge in [-0.3, -0.25) is 19.1 Å². The molecule has 8 heteroatoms. The molecule has 1 amide bonds. The van der Waals surface area contributed by atoms with E-state index in [4.69, 9.17) is 9.47 Å². The van der Waals surface area contributed by atoms with Crippen LogP contribution in [0.15, 0.2) is 52.1 Å². The van der Waals surface area contributed by atoms with E-state index in [0.717, 1.165) is 5.56 Å². The maximum atomic E-state index is 12.2. The van der Waals surface area contributed by atoms with Crippen LogP contribution < -0.4 is 26.0 Å². The van der Waals surface area contributed by atoms with Gasteiger partial charge in [0.25, 0.3) is 5.56 Å². The maximum absolute atomic E-state index is 12.2. The van der Waals surface area contributed by atoms with Crippen molar-refractivity contribution in [3.63, 3.8) is 0 Å². The first-order valence-corrected chi connectivity index (χ1v) is 8.99. The van der Waals surface area contributed by atoms with Gasteiger partial charge in [0.05, 0.1) is 10.9 Å². The SMILES string of the molecule is O=C(CCn1c(=O)[nH]c(=O)c2ccccc21)NCc1ccc2c(c1)OCCO2. The van der Waals surface area contributed by atoms with Gasteiger partial charge in [0.2, 0.25) is 5.91 Å². The van der Waals surface area contributed by atoms with Crippen LogP contribution in [0.25, 0.3) is 10.9 Å². The Bertz CT molecular complexity index is 1150. The Labute approximate surface area is 159 Å². The first-order chi connectivity index (χ1) is 13.6. The van der Waals surface area contributed by atoms with E-state index < -0.39 is 11.2 Å². The second-order valence-corrected chi connectivity index (χ2v) is 6.43. The molecule has 0 spiro atoms. The van der Waals surface area contributed by atoms with Crippen LogP contribution in [0, 0.1) is 0 Å². The molecule has 0 unspecified atom stereocenters. The topological polar surface area (TPSA) is 102 Å². The summed E-state index contributed by atoms with van der Waals surface area (Å²) in [7, 11) is 0. The fraction of sp³-hybridized carbons (Fsp3) is 0.250. The molecular formula is C20H19N3O5. The first kappa shape index (κ1) is 17.8. The highest BCUT2D eigenvalue weighted by atomic mass is 16.6. The van der Waals surface area contributed by atoms with Crippen LogP contribution in [0.3, 0.4) is 0 Å². The highest BCUT2D eigenvalue weighted by Gasteiger charge is 2.12. The number of nitrogens with one attached hydrogen (secondary N) is 2. The minimum absolute atomic E-state index is 0.112. The van der Waals surface area contributed by atoms with Crippen molar-refractivity contribution in [3.8, 4) is 11.5 Å². The number of carbonyl (C=O) groups is 1. The third-order valence-corrected chi connectivity index (χ3v) is 4.56. The number of carbonyl (C=O) groups excluding carboxylic acids is 1. The molecule has 0 saturated carbocycles. The number of H-pyrrole nitrogens is 1. The largest absolute Gasteiger partial charge is 0.486 e. The molecule has 3 aromatic rings. The monoisotopic (exact) mass is 381 g/mol. The van der Waals surface area contributed by atoms with Crippen LogP contribution in [-0.4, -0.2) is 28.7 Å². The predicted octanol–water partition coefficient (Wildman–Crippen LogP) is 1.17. The molecule has 4 rings (SSSR count). The number of ether oxygens (including phenoxy) is 2. The number of fused-ring (bicyclic) bond motifs is 2. The van der Waals surface area contributed by atoms with Gasteiger partial charge in [0, 0.05) is 19.5 Å². The summed E-state index contributed by atoms with van der Waals surface area (Å²) < 4.78 is 12.4. The standard InChI is InChI=1S/C20H19N3O5/c24-18(21-12-13-5-6-16-17(11-13)28-10-9-27-16)7-8-23-15-4-2-1-3-14(15)19(25)22-20(23)26/h1-6,11H,7-10,12H2,(H,21,24)(H,22,25,26). The summed E-state index contributed by atoms with van der Waals surface area (Å²) in [6.07, 6.45) is 0.112. The Morgan fingerprint density at radius 3 is 2.71 bits per heavy atom. The third-order valence-electron chi connectivity index (χ3n) is 4.56. The minimum atomic E-state index is -0.525. The van der Waals surface area contributed by atoms with Crippen LogP contribution in [0.2, 0.25) is 0 Å². The van der Waals surface area contributed by atoms with Gasteiger partial charge in [-0.15, -0.1) is 0 Å². The Hall–Kier alpha value is -3.55. The number of benzene rings is 2. The summed E-state index contributed by atoms with van der Waals surface area (Å²) in [6.45, 7) is 1.55. The lowest BCUT2D eigenvalue weighted by molar-refractivity contribution is -0.121. The molecule has 8 nitrogen and oxygen atoms in total. The highest BCUT2D eigenvalue weighted by molar-refractivity contribution is 5.78. The summed E-state index contributed by atoms with van der Waals surface area (Å²) in [5.74, 6) is 1.17. The zero-order chi connectivity index (χ0) is 19.5. The van der Waals surface area contributed by atoms with Crippen molar-refractivity contribution in [2.24, 2.45) is 0 Å². The lowest BCUT2D eigenvalue weighted by Gasteiger charge is -2.19. The molecule has 0 bridgehead atoms. The molecule has 1 aromatic heterocycles. The molecular weight excluding hydrogens is 362 g/mol. The maximum Gasteiger partial charge on any atom is 0.328 e. The Balaban J connectivity index is 1.41. The van der Waals surface area contributed by atoms with Crippen LogP contribution in [0.4, 0.5) is 0 Å².